The Labute approximate surface area is 122 Å². The molecule has 0 aliphatic heterocycles. The number of benzene rings is 1. The average molecular weight is 332 g/mol. The summed E-state index contributed by atoms with van der Waals surface area (Å²) in [6, 6.07) is 2.52. The molecule has 0 aromatic heterocycles. The summed E-state index contributed by atoms with van der Waals surface area (Å²) in [5.74, 6) is -0.884. The van der Waals surface area contributed by atoms with Crippen molar-refractivity contribution in [1.82, 2.24) is 0 Å². The van der Waals surface area contributed by atoms with Gasteiger partial charge < -0.3 is 15.2 Å². The highest BCUT2D eigenvalue weighted by Gasteiger charge is 2.27. The van der Waals surface area contributed by atoms with E-state index in [0.29, 0.717) is 0 Å². The lowest BCUT2D eigenvalue weighted by atomic mass is 10.3. The van der Waals surface area contributed by atoms with E-state index in [1.807, 2.05) is 0 Å². The molecule has 1 aromatic rings. The molecule has 0 atom stereocenters. The Morgan fingerprint density at radius 2 is 1.85 bits per heavy atom. The molecule has 0 bridgehead atoms. The molecule has 0 radical (unpaired) electrons. The number of amides is 1. The van der Waals surface area contributed by atoms with E-state index >= 15 is 0 Å². The number of carbonyl (C=O) groups excluding carboxylic acids is 1. The van der Waals surface area contributed by atoms with Gasteiger partial charge in [0.05, 0.1) is 23.1 Å². The second kappa shape index (κ2) is 7.01. The van der Waals surface area contributed by atoms with Crippen LogP contribution in [0.25, 0.3) is 0 Å². The molecule has 0 heterocycles. The van der Waals surface area contributed by atoms with Gasteiger partial charge in [0.2, 0.25) is 5.91 Å². The number of hydrogen-bond donors (Lipinski definition) is 2. The number of ether oxygens (including phenoxy) is 1. The lowest BCUT2D eigenvalue weighted by molar-refractivity contribution is -0.174. The first-order valence-corrected chi connectivity index (χ1v) is 6.07. The number of alkyl halides is 3. The van der Waals surface area contributed by atoms with Gasteiger partial charge in [0.1, 0.15) is 6.61 Å². The summed E-state index contributed by atoms with van der Waals surface area (Å²) in [6.07, 6.45) is -4.68. The van der Waals surface area contributed by atoms with E-state index in [9.17, 15) is 23.1 Å². The van der Waals surface area contributed by atoms with Gasteiger partial charge in [-0.1, -0.05) is 23.2 Å². The van der Waals surface area contributed by atoms with Crippen molar-refractivity contribution < 1.29 is 27.8 Å². The van der Waals surface area contributed by atoms with Crippen molar-refractivity contribution in [3.05, 3.63) is 22.2 Å². The van der Waals surface area contributed by atoms with Crippen LogP contribution in [0, 0.1) is 0 Å². The zero-order chi connectivity index (χ0) is 15.3. The van der Waals surface area contributed by atoms with E-state index in [2.05, 4.69) is 10.1 Å². The first-order chi connectivity index (χ1) is 9.19. The van der Waals surface area contributed by atoms with Crippen LogP contribution in [0.1, 0.15) is 6.42 Å². The maximum atomic E-state index is 11.8. The first-order valence-electron chi connectivity index (χ1n) is 5.31. The average Bonchev–Trinajstić information content (AvgIpc) is 2.30. The third kappa shape index (κ3) is 5.85. The summed E-state index contributed by atoms with van der Waals surface area (Å²) in [5.41, 5.74) is 0.221. The van der Waals surface area contributed by atoms with Gasteiger partial charge in [-0.05, 0) is 12.1 Å². The topological polar surface area (TPSA) is 58.6 Å². The molecule has 0 fully saturated rings. The Bertz CT molecular complexity index is 471. The molecular formula is C11H10Cl2F3NO3. The molecule has 0 unspecified atom stereocenters. The Morgan fingerprint density at radius 3 is 2.35 bits per heavy atom. The van der Waals surface area contributed by atoms with E-state index in [-0.39, 0.29) is 34.5 Å². The highest BCUT2D eigenvalue weighted by Crippen LogP contribution is 2.34. The Morgan fingerprint density at radius 1 is 1.30 bits per heavy atom. The summed E-state index contributed by atoms with van der Waals surface area (Å²) in [5, 5.41) is 11.6. The fourth-order valence-electron chi connectivity index (χ4n) is 1.21. The van der Waals surface area contributed by atoms with E-state index in [1.165, 1.54) is 12.1 Å². The third-order valence-corrected chi connectivity index (χ3v) is 2.62. The van der Waals surface area contributed by atoms with Gasteiger partial charge in [0.15, 0.2) is 5.75 Å². The van der Waals surface area contributed by atoms with Crippen molar-refractivity contribution in [2.75, 3.05) is 18.5 Å². The maximum Gasteiger partial charge on any atom is 0.411 e. The fourth-order valence-corrected chi connectivity index (χ4v) is 1.70. The number of phenolic OH excluding ortho intramolecular Hbond substituents is 1. The monoisotopic (exact) mass is 331 g/mol. The van der Waals surface area contributed by atoms with Crippen LogP contribution in [0.2, 0.25) is 10.0 Å². The van der Waals surface area contributed by atoms with Crippen molar-refractivity contribution in [3.63, 3.8) is 0 Å². The summed E-state index contributed by atoms with van der Waals surface area (Å²) in [4.78, 5) is 11.4. The minimum absolute atomic E-state index is 0.0545. The minimum atomic E-state index is -4.42. The molecule has 1 amide bonds. The number of phenols is 1. The normalized spacial score (nSPS) is 11.4. The Balaban J connectivity index is 2.43. The van der Waals surface area contributed by atoms with E-state index < -0.39 is 18.7 Å². The molecule has 1 rings (SSSR count). The molecule has 2 N–H and O–H groups in total. The van der Waals surface area contributed by atoms with Crippen LogP contribution < -0.4 is 5.32 Å². The predicted octanol–water partition coefficient (Wildman–Crippen LogP) is 3.61. The molecule has 4 nitrogen and oxygen atoms in total. The number of halogens is 5. The maximum absolute atomic E-state index is 11.8. The van der Waals surface area contributed by atoms with Crippen LogP contribution in [-0.4, -0.2) is 30.4 Å². The van der Waals surface area contributed by atoms with Crippen molar-refractivity contribution in [2.45, 2.75) is 12.6 Å². The SMILES string of the molecule is O=C(CCOCC(F)(F)F)Nc1cc(Cl)c(O)c(Cl)c1. The van der Waals surface area contributed by atoms with Crippen molar-refractivity contribution in [1.29, 1.82) is 0 Å². The van der Waals surface area contributed by atoms with Crippen molar-refractivity contribution in [2.24, 2.45) is 0 Å². The fraction of sp³-hybridized carbons (Fsp3) is 0.364. The van der Waals surface area contributed by atoms with Gasteiger partial charge in [-0.25, -0.2) is 0 Å². The van der Waals surface area contributed by atoms with Gasteiger partial charge in [-0.15, -0.1) is 0 Å². The van der Waals surface area contributed by atoms with Gasteiger partial charge in [-0.2, -0.15) is 13.2 Å². The van der Waals surface area contributed by atoms with Crippen LogP contribution in [0.4, 0.5) is 18.9 Å². The third-order valence-electron chi connectivity index (χ3n) is 2.04. The standard InChI is InChI=1S/C11H10Cl2F3NO3/c12-7-3-6(4-8(13)10(7)19)17-9(18)1-2-20-5-11(14,15)16/h3-4,19H,1-2,5H2,(H,17,18). The van der Waals surface area contributed by atoms with Gasteiger partial charge in [0.25, 0.3) is 0 Å². The number of anilines is 1. The summed E-state index contributed by atoms with van der Waals surface area (Å²) < 4.78 is 39.6. The molecular weight excluding hydrogens is 322 g/mol. The van der Waals surface area contributed by atoms with Gasteiger partial charge in [-0.3, -0.25) is 4.79 Å². The lowest BCUT2D eigenvalue weighted by Crippen LogP contribution is -2.20. The molecule has 0 aliphatic carbocycles. The lowest BCUT2D eigenvalue weighted by Gasteiger charge is -2.09. The molecule has 112 valence electrons. The van der Waals surface area contributed by atoms with Gasteiger partial charge >= 0.3 is 6.18 Å². The van der Waals surface area contributed by atoms with Crippen molar-refractivity contribution >= 4 is 34.8 Å². The smallest absolute Gasteiger partial charge is 0.411 e. The highest BCUT2D eigenvalue weighted by molar-refractivity contribution is 6.37. The zero-order valence-electron chi connectivity index (χ0n) is 9.93. The van der Waals surface area contributed by atoms with Crippen LogP contribution in [0.5, 0.6) is 5.75 Å². The predicted molar refractivity (Wildman–Crippen MR) is 68.2 cm³/mol. The molecule has 20 heavy (non-hydrogen) atoms. The van der Waals surface area contributed by atoms with E-state index in [1.54, 1.807) is 0 Å². The number of aromatic hydroxyl groups is 1. The summed E-state index contributed by atoms with van der Waals surface area (Å²) in [6.45, 7) is -1.78. The number of nitrogens with one attached hydrogen (secondary N) is 1. The molecule has 9 heteroatoms. The van der Waals surface area contributed by atoms with Crippen LogP contribution in [0.3, 0.4) is 0 Å². The second-order valence-corrected chi connectivity index (χ2v) is 4.57. The largest absolute Gasteiger partial charge is 0.505 e. The van der Waals surface area contributed by atoms with Crippen LogP contribution in [-0.2, 0) is 9.53 Å². The Kier molecular flexibility index (Phi) is 5.91. The Hall–Kier alpha value is -1.18. The van der Waals surface area contributed by atoms with Crippen LogP contribution >= 0.6 is 23.2 Å². The number of carbonyl (C=O) groups is 1. The highest BCUT2D eigenvalue weighted by atomic mass is 35.5. The van der Waals surface area contributed by atoms with E-state index in [4.69, 9.17) is 23.2 Å². The summed E-state index contributed by atoms with van der Waals surface area (Å²) >= 11 is 11.3. The quantitative estimate of drug-likeness (QED) is 0.640. The first kappa shape index (κ1) is 16.9. The molecule has 0 saturated heterocycles. The molecule has 1 aromatic carbocycles. The van der Waals surface area contributed by atoms with Gasteiger partial charge in [0, 0.05) is 5.69 Å². The van der Waals surface area contributed by atoms with Crippen molar-refractivity contribution in [3.8, 4) is 5.75 Å². The van der Waals surface area contributed by atoms with E-state index in [0.717, 1.165) is 0 Å². The second-order valence-electron chi connectivity index (χ2n) is 3.75. The number of rotatable bonds is 5. The molecule has 0 aliphatic rings. The van der Waals surface area contributed by atoms with Crippen LogP contribution in [0.15, 0.2) is 12.1 Å². The zero-order valence-corrected chi connectivity index (χ0v) is 11.4. The molecule has 0 saturated carbocycles. The summed E-state index contributed by atoms with van der Waals surface area (Å²) in [7, 11) is 0. The number of hydrogen-bond acceptors (Lipinski definition) is 3. The molecule has 0 spiro atoms. The minimum Gasteiger partial charge on any atom is -0.505 e.